The van der Waals surface area contributed by atoms with E-state index < -0.39 is 29.0 Å². The van der Waals surface area contributed by atoms with Crippen LogP contribution in [0.15, 0.2) is 52.7 Å². The fourth-order valence-electron chi connectivity index (χ4n) is 3.09. The quantitative estimate of drug-likeness (QED) is 0.467. The van der Waals surface area contributed by atoms with E-state index in [0.29, 0.717) is 12.1 Å². The Balaban J connectivity index is 1.31. The molecule has 1 aliphatic rings. The summed E-state index contributed by atoms with van der Waals surface area (Å²) in [6, 6.07) is 5.68. The van der Waals surface area contributed by atoms with Gasteiger partial charge in [0.1, 0.15) is 17.3 Å². The molecule has 4 rings (SSSR count). The number of nitrogens with one attached hydrogen (secondary N) is 1. The van der Waals surface area contributed by atoms with Crippen molar-refractivity contribution >= 4 is 17.5 Å². The van der Waals surface area contributed by atoms with Crippen LogP contribution in [0.25, 0.3) is 0 Å². The molecular weight excluding hydrogens is 484 g/mol. The first-order valence-corrected chi connectivity index (χ1v) is 10.0. The summed E-state index contributed by atoms with van der Waals surface area (Å²) in [4.78, 5) is 15.4. The van der Waals surface area contributed by atoms with Crippen molar-refractivity contribution < 1.29 is 36.2 Å². The van der Waals surface area contributed by atoms with Crippen molar-refractivity contribution in [2.24, 2.45) is 0 Å². The Bertz CT molecular complexity index is 1250. The molecule has 1 aromatic carbocycles. The first-order valence-electron chi connectivity index (χ1n) is 9.66. The van der Waals surface area contributed by atoms with Crippen molar-refractivity contribution in [2.45, 2.75) is 24.9 Å². The number of carbonyl (C=O) groups excluding carboxylic acids is 1. The monoisotopic (exact) mass is 498 g/mol. The van der Waals surface area contributed by atoms with Gasteiger partial charge in [0.25, 0.3) is 5.91 Å². The summed E-state index contributed by atoms with van der Waals surface area (Å²) in [5, 5.41) is 10.2. The first-order chi connectivity index (χ1) is 16.0. The SMILES string of the molecule is CC1(c2nnc(Oc3ccc(C(F)(F)F)nc3)o2)C=C(NC(=O)COc2ccc(Cl)c(F)c2)C1. The van der Waals surface area contributed by atoms with E-state index in [4.69, 9.17) is 25.5 Å². The number of nitrogens with zero attached hydrogens (tertiary/aromatic N) is 3. The number of hydrogen-bond acceptors (Lipinski definition) is 7. The molecule has 0 bridgehead atoms. The van der Waals surface area contributed by atoms with Crippen LogP contribution in [-0.4, -0.2) is 27.7 Å². The Morgan fingerprint density at radius 2 is 1.97 bits per heavy atom. The zero-order chi connectivity index (χ0) is 24.5. The van der Waals surface area contributed by atoms with Gasteiger partial charge in [-0.25, -0.2) is 9.37 Å². The van der Waals surface area contributed by atoms with Crippen molar-refractivity contribution in [1.29, 1.82) is 0 Å². The molecule has 8 nitrogen and oxygen atoms in total. The van der Waals surface area contributed by atoms with Gasteiger partial charge in [0.15, 0.2) is 12.4 Å². The molecule has 0 spiro atoms. The van der Waals surface area contributed by atoms with Crippen LogP contribution in [0.1, 0.15) is 24.9 Å². The summed E-state index contributed by atoms with van der Waals surface area (Å²) in [5.41, 5.74) is -1.15. The maximum Gasteiger partial charge on any atom is 0.433 e. The molecule has 0 saturated heterocycles. The minimum Gasteiger partial charge on any atom is -0.484 e. The van der Waals surface area contributed by atoms with Crippen molar-refractivity contribution in [3.05, 3.63) is 70.7 Å². The zero-order valence-corrected chi connectivity index (χ0v) is 18.1. The second-order valence-corrected chi connectivity index (χ2v) is 7.94. The van der Waals surface area contributed by atoms with Crippen LogP contribution >= 0.6 is 11.6 Å². The highest BCUT2D eigenvalue weighted by molar-refractivity contribution is 6.30. The number of hydrogen-bond donors (Lipinski definition) is 1. The Morgan fingerprint density at radius 3 is 2.62 bits per heavy atom. The fourth-order valence-corrected chi connectivity index (χ4v) is 3.21. The summed E-state index contributed by atoms with van der Waals surface area (Å²) < 4.78 is 67.1. The third-order valence-electron chi connectivity index (χ3n) is 4.74. The fraction of sp³-hybridized carbons (Fsp3) is 0.238. The topological polar surface area (TPSA) is 99.4 Å². The maximum atomic E-state index is 13.4. The molecule has 1 amide bonds. The molecule has 1 aliphatic carbocycles. The molecule has 1 unspecified atom stereocenters. The van der Waals surface area contributed by atoms with Crippen LogP contribution in [0, 0.1) is 5.82 Å². The third-order valence-corrected chi connectivity index (χ3v) is 5.04. The summed E-state index contributed by atoms with van der Waals surface area (Å²) >= 11 is 5.60. The van der Waals surface area contributed by atoms with Gasteiger partial charge in [0.05, 0.1) is 16.6 Å². The van der Waals surface area contributed by atoms with Gasteiger partial charge >= 0.3 is 12.3 Å². The van der Waals surface area contributed by atoms with Gasteiger partial charge in [0.2, 0.25) is 5.89 Å². The van der Waals surface area contributed by atoms with E-state index in [1.165, 1.54) is 12.1 Å². The molecule has 2 heterocycles. The van der Waals surface area contributed by atoms with E-state index in [2.05, 4.69) is 20.5 Å². The van der Waals surface area contributed by atoms with E-state index in [-0.39, 0.29) is 35.1 Å². The molecule has 34 heavy (non-hydrogen) atoms. The number of alkyl halides is 3. The van der Waals surface area contributed by atoms with Gasteiger partial charge in [0, 0.05) is 18.2 Å². The maximum absolute atomic E-state index is 13.4. The van der Waals surface area contributed by atoms with Gasteiger partial charge in [-0.2, -0.15) is 13.2 Å². The van der Waals surface area contributed by atoms with Crippen molar-refractivity contribution in [3.63, 3.8) is 0 Å². The highest BCUT2D eigenvalue weighted by Crippen LogP contribution is 2.40. The number of carbonyl (C=O) groups is 1. The average Bonchev–Trinajstić information content (AvgIpc) is 3.22. The van der Waals surface area contributed by atoms with Gasteiger partial charge < -0.3 is 19.2 Å². The molecule has 0 radical (unpaired) electrons. The molecule has 178 valence electrons. The largest absolute Gasteiger partial charge is 0.484 e. The molecular formula is C21H15ClF4N4O4. The molecule has 0 aliphatic heterocycles. The Kier molecular flexibility index (Phi) is 6.17. The van der Waals surface area contributed by atoms with E-state index in [9.17, 15) is 22.4 Å². The first kappa shape index (κ1) is 23.5. The number of halogens is 5. The smallest absolute Gasteiger partial charge is 0.433 e. The van der Waals surface area contributed by atoms with Crippen LogP contribution in [-0.2, 0) is 16.4 Å². The standard InChI is InChI=1S/C21H15ClF4N4O4/c1-20(7-11(8-20)28-17(31)10-32-12-2-4-14(22)15(23)6-12)18-29-30-19(34-18)33-13-3-5-16(27-9-13)21(24,25)26/h2-7,9H,8,10H2,1H3,(H,28,31). The number of allylic oxidation sites excluding steroid dienone is 2. The van der Waals surface area contributed by atoms with Crippen molar-refractivity contribution in [1.82, 2.24) is 20.5 Å². The number of pyridine rings is 1. The van der Waals surface area contributed by atoms with Crippen molar-refractivity contribution in [3.8, 4) is 17.6 Å². The zero-order valence-electron chi connectivity index (χ0n) is 17.3. The average molecular weight is 499 g/mol. The van der Waals surface area contributed by atoms with E-state index >= 15 is 0 Å². The molecule has 13 heteroatoms. The lowest BCUT2D eigenvalue weighted by atomic mass is 9.75. The van der Waals surface area contributed by atoms with Crippen molar-refractivity contribution in [2.75, 3.05) is 6.61 Å². The molecule has 1 N–H and O–H groups in total. The number of ether oxygens (including phenoxy) is 2. The van der Waals surface area contributed by atoms with E-state index in [1.807, 2.05) is 0 Å². The minimum absolute atomic E-state index is 0.00831. The second kappa shape index (κ2) is 8.93. The Labute approximate surface area is 194 Å². The van der Waals surface area contributed by atoms with Gasteiger partial charge in [-0.15, -0.1) is 5.10 Å². The summed E-state index contributed by atoms with van der Waals surface area (Å²) in [7, 11) is 0. The van der Waals surface area contributed by atoms with Crippen LogP contribution in [0.4, 0.5) is 17.6 Å². The predicted molar refractivity (Wildman–Crippen MR) is 109 cm³/mol. The number of aromatic nitrogens is 3. The molecule has 3 aromatic rings. The lowest BCUT2D eigenvalue weighted by molar-refractivity contribution is -0.141. The predicted octanol–water partition coefficient (Wildman–Crippen LogP) is 4.81. The number of rotatable bonds is 7. The van der Waals surface area contributed by atoms with E-state index in [0.717, 1.165) is 24.4 Å². The van der Waals surface area contributed by atoms with Crippen LogP contribution in [0.3, 0.4) is 0 Å². The molecule has 2 aromatic heterocycles. The number of amides is 1. The highest BCUT2D eigenvalue weighted by atomic mass is 35.5. The Morgan fingerprint density at radius 1 is 1.24 bits per heavy atom. The van der Waals surface area contributed by atoms with Gasteiger partial charge in [-0.1, -0.05) is 16.7 Å². The molecule has 1 atom stereocenters. The highest BCUT2D eigenvalue weighted by Gasteiger charge is 2.40. The normalized spacial score (nSPS) is 17.5. The van der Waals surface area contributed by atoms with Crippen LogP contribution in [0.5, 0.6) is 17.6 Å². The minimum atomic E-state index is -4.56. The lowest BCUT2D eigenvalue weighted by Gasteiger charge is -2.33. The lowest BCUT2D eigenvalue weighted by Crippen LogP contribution is -2.39. The van der Waals surface area contributed by atoms with Crippen LogP contribution < -0.4 is 14.8 Å². The molecule has 0 fully saturated rings. The van der Waals surface area contributed by atoms with E-state index in [1.54, 1.807) is 13.0 Å². The molecule has 0 saturated carbocycles. The summed E-state index contributed by atoms with van der Waals surface area (Å²) in [5.74, 6) is -0.770. The Hall–Kier alpha value is -3.67. The summed E-state index contributed by atoms with van der Waals surface area (Å²) in [6.07, 6.45) is -1.88. The van der Waals surface area contributed by atoms with Gasteiger partial charge in [-0.05, 0) is 37.3 Å². The van der Waals surface area contributed by atoms with Gasteiger partial charge in [-0.3, -0.25) is 4.79 Å². The summed E-state index contributed by atoms with van der Waals surface area (Å²) in [6.45, 7) is 1.45. The second-order valence-electron chi connectivity index (χ2n) is 7.53. The third kappa shape index (κ3) is 5.28. The number of benzene rings is 1. The van der Waals surface area contributed by atoms with Crippen LogP contribution in [0.2, 0.25) is 5.02 Å².